The quantitative estimate of drug-likeness (QED) is 0.306. The van der Waals surface area contributed by atoms with Gasteiger partial charge in [-0.05, 0) is 43.4 Å². The molecule has 1 aromatic carbocycles. The van der Waals surface area contributed by atoms with Crippen LogP contribution >= 0.6 is 12.2 Å². The summed E-state index contributed by atoms with van der Waals surface area (Å²) < 4.78 is 9.61. The van der Waals surface area contributed by atoms with E-state index < -0.39 is 17.8 Å². The number of rotatable bonds is 5. The molecule has 0 aliphatic heterocycles. The Morgan fingerprint density at radius 1 is 1.12 bits per heavy atom. The van der Waals surface area contributed by atoms with Gasteiger partial charge in [0.25, 0.3) is 5.91 Å². The molecule has 0 saturated heterocycles. The van der Waals surface area contributed by atoms with E-state index in [1.54, 1.807) is 31.2 Å². The van der Waals surface area contributed by atoms with Gasteiger partial charge in [-0.15, -0.1) is 0 Å². The minimum Gasteiger partial charge on any atom is -0.497 e. The lowest BCUT2D eigenvalue weighted by atomic mass is 10.2. The number of ether oxygens (including phenoxy) is 2. The van der Waals surface area contributed by atoms with Gasteiger partial charge in [0.05, 0.1) is 13.7 Å². The summed E-state index contributed by atoms with van der Waals surface area (Å²) in [6.07, 6.45) is 1.94. The molecule has 0 aliphatic carbocycles. The van der Waals surface area contributed by atoms with E-state index in [9.17, 15) is 14.4 Å². The fourth-order valence-electron chi connectivity index (χ4n) is 1.45. The number of methoxy groups -OCH3 is 1. The van der Waals surface area contributed by atoms with Gasteiger partial charge in [-0.1, -0.05) is 0 Å². The number of hydrazine groups is 1. The largest absolute Gasteiger partial charge is 0.497 e. The van der Waals surface area contributed by atoms with Crippen molar-refractivity contribution in [3.05, 3.63) is 42.0 Å². The van der Waals surface area contributed by atoms with Crippen molar-refractivity contribution in [2.24, 2.45) is 0 Å². The number of benzene rings is 1. The molecule has 0 spiro atoms. The zero-order valence-electron chi connectivity index (χ0n) is 13.1. The molecule has 0 atom stereocenters. The molecular weight excluding hydrogens is 334 g/mol. The molecule has 0 aliphatic rings. The fraction of sp³-hybridized carbons (Fsp3) is 0.200. The van der Waals surface area contributed by atoms with Crippen molar-refractivity contribution in [2.45, 2.75) is 6.92 Å². The summed E-state index contributed by atoms with van der Waals surface area (Å²) in [7, 11) is 1.52. The molecule has 24 heavy (non-hydrogen) atoms. The number of carbonyl (C=O) groups is 3. The van der Waals surface area contributed by atoms with E-state index in [-0.39, 0.29) is 11.7 Å². The second kappa shape index (κ2) is 9.95. The number of hydrogen-bond acceptors (Lipinski definition) is 6. The van der Waals surface area contributed by atoms with Crippen LogP contribution in [0.4, 0.5) is 0 Å². The molecule has 8 nitrogen and oxygen atoms in total. The van der Waals surface area contributed by atoms with Crippen LogP contribution in [-0.4, -0.2) is 36.6 Å². The SMILES string of the molecule is CCOC(=O)/C=C/C(=O)NC(=S)NNC(=O)c1ccc(OC)cc1. The highest BCUT2D eigenvalue weighted by molar-refractivity contribution is 7.80. The number of carbonyl (C=O) groups excluding carboxylic acids is 3. The summed E-state index contributed by atoms with van der Waals surface area (Å²) in [6, 6.07) is 6.41. The molecule has 1 rings (SSSR count). The Balaban J connectivity index is 2.40. The highest BCUT2D eigenvalue weighted by atomic mass is 32.1. The van der Waals surface area contributed by atoms with Crippen molar-refractivity contribution in [1.29, 1.82) is 0 Å². The van der Waals surface area contributed by atoms with Crippen LogP contribution in [0.25, 0.3) is 0 Å². The summed E-state index contributed by atoms with van der Waals surface area (Å²) in [4.78, 5) is 34.4. The number of thiocarbonyl (C=S) groups is 1. The lowest BCUT2D eigenvalue weighted by Gasteiger charge is -2.10. The van der Waals surface area contributed by atoms with Gasteiger partial charge in [0, 0.05) is 17.7 Å². The maximum Gasteiger partial charge on any atom is 0.330 e. The third kappa shape index (κ3) is 6.88. The smallest absolute Gasteiger partial charge is 0.330 e. The van der Waals surface area contributed by atoms with E-state index in [4.69, 9.17) is 17.0 Å². The molecule has 0 heterocycles. The van der Waals surface area contributed by atoms with Crippen molar-refractivity contribution in [3.8, 4) is 5.75 Å². The van der Waals surface area contributed by atoms with E-state index in [1.165, 1.54) is 7.11 Å². The average Bonchev–Trinajstić information content (AvgIpc) is 2.58. The minimum absolute atomic E-state index is 0.129. The molecule has 0 radical (unpaired) electrons. The van der Waals surface area contributed by atoms with Crippen LogP contribution in [-0.2, 0) is 14.3 Å². The molecule has 0 unspecified atom stereocenters. The molecule has 0 fully saturated rings. The molecule has 1 aromatic rings. The first kappa shape index (κ1) is 19.1. The van der Waals surface area contributed by atoms with E-state index in [1.807, 2.05) is 0 Å². The molecule has 128 valence electrons. The number of nitrogens with one attached hydrogen (secondary N) is 3. The van der Waals surface area contributed by atoms with Crippen molar-refractivity contribution in [2.75, 3.05) is 13.7 Å². The van der Waals surface area contributed by atoms with Gasteiger partial charge in [0.15, 0.2) is 5.11 Å². The topological polar surface area (TPSA) is 106 Å². The average molecular weight is 351 g/mol. The predicted octanol–water partition coefficient (Wildman–Crippen LogP) is 0.450. The third-order valence-corrected chi connectivity index (χ3v) is 2.74. The summed E-state index contributed by atoms with van der Waals surface area (Å²) in [5.41, 5.74) is 5.07. The second-order valence-corrected chi connectivity index (χ2v) is 4.62. The third-order valence-electron chi connectivity index (χ3n) is 2.54. The van der Waals surface area contributed by atoms with Crippen molar-refractivity contribution in [1.82, 2.24) is 16.2 Å². The summed E-state index contributed by atoms with van der Waals surface area (Å²) in [5.74, 6) is -1.11. The van der Waals surface area contributed by atoms with Gasteiger partial charge in [-0.3, -0.25) is 25.8 Å². The fourth-order valence-corrected chi connectivity index (χ4v) is 1.60. The van der Waals surface area contributed by atoms with E-state index in [0.29, 0.717) is 11.3 Å². The van der Waals surface area contributed by atoms with E-state index in [2.05, 4.69) is 20.9 Å². The van der Waals surface area contributed by atoms with E-state index in [0.717, 1.165) is 12.2 Å². The summed E-state index contributed by atoms with van der Waals surface area (Å²) in [6.45, 7) is 1.86. The zero-order valence-corrected chi connectivity index (χ0v) is 13.9. The Bertz CT molecular complexity index is 643. The molecular formula is C15H17N3O5S. The first-order valence-corrected chi connectivity index (χ1v) is 7.27. The molecule has 2 amide bonds. The Hall–Kier alpha value is -2.94. The van der Waals surface area contributed by atoms with Crippen LogP contribution < -0.4 is 20.9 Å². The Kier molecular flexibility index (Phi) is 7.92. The van der Waals surface area contributed by atoms with Crippen LogP contribution in [0, 0.1) is 0 Å². The molecule has 0 bridgehead atoms. The Morgan fingerprint density at radius 3 is 2.38 bits per heavy atom. The maximum absolute atomic E-state index is 11.9. The van der Waals surface area contributed by atoms with Gasteiger partial charge < -0.3 is 9.47 Å². The number of esters is 1. The van der Waals surface area contributed by atoms with E-state index >= 15 is 0 Å². The minimum atomic E-state index is -0.640. The first-order chi connectivity index (χ1) is 11.5. The van der Waals surface area contributed by atoms with Crippen LogP contribution in [0.1, 0.15) is 17.3 Å². The van der Waals surface area contributed by atoms with Gasteiger partial charge >= 0.3 is 5.97 Å². The Morgan fingerprint density at radius 2 is 1.79 bits per heavy atom. The van der Waals surface area contributed by atoms with Gasteiger partial charge in [-0.25, -0.2) is 4.79 Å². The van der Waals surface area contributed by atoms with Crippen molar-refractivity contribution >= 4 is 35.1 Å². The molecule has 3 N–H and O–H groups in total. The lowest BCUT2D eigenvalue weighted by Crippen LogP contribution is -2.48. The normalized spacial score (nSPS) is 9.92. The van der Waals surface area contributed by atoms with Crippen molar-refractivity contribution < 1.29 is 23.9 Å². The highest BCUT2D eigenvalue weighted by Crippen LogP contribution is 2.10. The van der Waals surface area contributed by atoms with Crippen LogP contribution in [0.3, 0.4) is 0 Å². The monoisotopic (exact) mass is 351 g/mol. The standard InChI is InChI=1S/C15H17N3O5S/c1-3-23-13(20)9-8-12(19)16-15(24)18-17-14(21)10-4-6-11(22-2)7-5-10/h4-9H,3H2,1-2H3,(H,17,21)(H2,16,18,19,24)/b9-8+. The zero-order chi connectivity index (χ0) is 17.9. The molecule has 0 saturated carbocycles. The maximum atomic E-state index is 11.9. The van der Waals surface area contributed by atoms with Crippen LogP contribution in [0.15, 0.2) is 36.4 Å². The van der Waals surface area contributed by atoms with Gasteiger partial charge in [-0.2, -0.15) is 0 Å². The van der Waals surface area contributed by atoms with Gasteiger partial charge in [0.1, 0.15) is 5.75 Å². The van der Waals surface area contributed by atoms with Crippen molar-refractivity contribution in [3.63, 3.8) is 0 Å². The lowest BCUT2D eigenvalue weighted by molar-refractivity contribution is -0.137. The second-order valence-electron chi connectivity index (χ2n) is 4.21. The summed E-state index contributed by atoms with van der Waals surface area (Å²) >= 11 is 4.84. The Labute approximate surface area is 144 Å². The van der Waals surface area contributed by atoms with Crippen LogP contribution in [0.2, 0.25) is 0 Å². The highest BCUT2D eigenvalue weighted by Gasteiger charge is 2.07. The van der Waals surface area contributed by atoms with Gasteiger partial charge in [0.2, 0.25) is 5.91 Å². The summed E-state index contributed by atoms with van der Waals surface area (Å²) in [5, 5.41) is 2.13. The number of hydrogen-bond donors (Lipinski definition) is 3. The molecule has 9 heteroatoms. The van der Waals surface area contributed by atoms with Crippen LogP contribution in [0.5, 0.6) is 5.75 Å². The molecule has 0 aromatic heterocycles. The predicted molar refractivity (Wildman–Crippen MR) is 90.1 cm³/mol. The number of amides is 2. The first-order valence-electron chi connectivity index (χ1n) is 6.86.